The van der Waals surface area contributed by atoms with Crippen LogP contribution in [0.2, 0.25) is 0 Å². The second kappa shape index (κ2) is 6.39. The van der Waals surface area contributed by atoms with E-state index in [1.807, 2.05) is 27.7 Å². The first-order valence-electron chi connectivity index (χ1n) is 6.51. The molecule has 0 amide bonds. The van der Waals surface area contributed by atoms with Gasteiger partial charge in [-0.2, -0.15) is 0 Å². The standard InChI is InChI=1S/C14H23NO3S/c1-6-12-9-13(7-8-14(12)18-5)19(16,17)15-11(4)10(2)3/h7-11,15H,6H2,1-5H3/t11-/m0/s1. The van der Waals surface area contributed by atoms with Crippen molar-refractivity contribution in [2.24, 2.45) is 5.92 Å². The van der Waals surface area contributed by atoms with E-state index >= 15 is 0 Å². The molecule has 1 rings (SSSR count). The fourth-order valence-corrected chi connectivity index (χ4v) is 3.09. The molecular formula is C14H23NO3S. The molecule has 4 nitrogen and oxygen atoms in total. The van der Waals surface area contributed by atoms with E-state index in [0.29, 0.717) is 0 Å². The van der Waals surface area contributed by atoms with Crippen molar-refractivity contribution in [3.05, 3.63) is 23.8 Å². The second-order valence-electron chi connectivity index (χ2n) is 4.98. The molecule has 1 aromatic carbocycles. The largest absolute Gasteiger partial charge is 0.496 e. The minimum Gasteiger partial charge on any atom is -0.496 e. The van der Waals surface area contributed by atoms with Gasteiger partial charge in [0.1, 0.15) is 5.75 Å². The van der Waals surface area contributed by atoms with Crippen molar-refractivity contribution < 1.29 is 13.2 Å². The fourth-order valence-electron chi connectivity index (χ4n) is 1.65. The summed E-state index contributed by atoms with van der Waals surface area (Å²) in [6.07, 6.45) is 0.728. The zero-order valence-electron chi connectivity index (χ0n) is 12.2. The monoisotopic (exact) mass is 285 g/mol. The Labute approximate surface area is 116 Å². The molecule has 0 spiro atoms. The van der Waals surface area contributed by atoms with E-state index in [0.717, 1.165) is 17.7 Å². The summed E-state index contributed by atoms with van der Waals surface area (Å²) in [6.45, 7) is 7.81. The van der Waals surface area contributed by atoms with Gasteiger partial charge in [0.25, 0.3) is 0 Å². The van der Waals surface area contributed by atoms with Crippen LogP contribution in [0, 0.1) is 5.92 Å². The summed E-state index contributed by atoms with van der Waals surface area (Å²) < 4.78 is 32.4. The number of rotatable bonds is 6. The Balaban J connectivity index is 3.08. The fraction of sp³-hybridized carbons (Fsp3) is 0.571. The van der Waals surface area contributed by atoms with Gasteiger partial charge in [-0.3, -0.25) is 0 Å². The van der Waals surface area contributed by atoms with Gasteiger partial charge < -0.3 is 4.74 Å². The second-order valence-corrected chi connectivity index (χ2v) is 6.70. The smallest absolute Gasteiger partial charge is 0.240 e. The molecule has 0 bridgehead atoms. The van der Waals surface area contributed by atoms with Crippen molar-refractivity contribution in [2.45, 2.75) is 45.1 Å². The lowest BCUT2D eigenvalue weighted by Gasteiger charge is -2.18. The van der Waals surface area contributed by atoms with Gasteiger partial charge in [0, 0.05) is 6.04 Å². The number of benzene rings is 1. The molecule has 0 aromatic heterocycles. The molecule has 0 unspecified atom stereocenters. The number of hydrogen-bond acceptors (Lipinski definition) is 3. The summed E-state index contributed by atoms with van der Waals surface area (Å²) in [5.74, 6) is 0.969. The quantitative estimate of drug-likeness (QED) is 0.874. The van der Waals surface area contributed by atoms with E-state index in [4.69, 9.17) is 4.74 Å². The Morgan fingerprint density at radius 3 is 2.37 bits per heavy atom. The van der Waals surface area contributed by atoms with E-state index in [1.165, 1.54) is 0 Å². The maximum absolute atomic E-state index is 12.3. The van der Waals surface area contributed by atoms with Gasteiger partial charge in [0.15, 0.2) is 0 Å². The van der Waals surface area contributed by atoms with Crippen molar-refractivity contribution in [3.63, 3.8) is 0 Å². The molecule has 0 aliphatic heterocycles. The van der Waals surface area contributed by atoms with Gasteiger partial charge in [-0.15, -0.1) is 0 Å². The molecule has 0 aliphatic carbocycles. The molecule has 0 radical (unpaired) electrons. The van der Waals surface area contributed by atoms with Crippen molar-refractivity contribution in [1.82, 2.24) is 4.72 Å². The van der Waals surface area contributed by atoms with Crippen LogP contribution >= 0.6 is 0 Å². The lowest BCUT2D eigenvalue weighted by atomic mass is 10.1. The minimum absolute atomic E-state index is 0.0998. The number of methoxy groups -OCH3 is 1. The first-order chi connectivity index (χ1) is 8.81. The summed E-state index contributed by atoms with van der Waals surface area (Å²) in [5, 5.41) is 0. The molecule has 1 atom stereocenters. The van der Waals surface area contributed by atoms with Crippen LogP contribution in [0.25, 0.3) is 0 Å². The lowest BCUT2D eigenvalue weighted by molar-refractivity contribution is 0.409. The van der Waals surface area contributed by atoms with Gasteiger partial charge in [-0.1, -0.05) is 20.8 Å². The van der Waals surface area contributed by atoms with Crippen LogP contribution in [0.1, 0.15) is 33.3 Å². The van der Waals surface area contributed by atoms with Crippen molar-refractivity contribution >= 4 is 10.0 Å². The van der Waals surface area contributed by atoms with Crippen LogP contribution in [0.3, 0.4) is 0 Å². The maximum Gasteiger partial charge on any atom is 0.240 e. The molecule has 1 N–H and O–H groups in total. The summed E-state index contributed by atoms with van der Waals surface area (Å²) in [5.41, 5.74) is 0.891. The minimum atomic E-state index is -3.47. The third-order valence-corrected chi connectivity index (χ3v) is 4.84. The highest BCUT2D eigenvalue weighted by molar-refractivity contribution is 7.89. The van der Waals surface area contributed by atoms with Crippen LogP contribution < -0.4 is 9.46 Å². The average Bonchev–Trinajstić information content (AvgIpc) is 2.37. The lowest BCUT2D eigenvalue weighted by Crippen LogP contribution is -2.36. The van der Waals surface area contributed by atoms with Crippen LogP contribution in [-0.2, 0) is 16.4 Å². The SMILES string of the molecule is CCc1cc(S(=O)(=O)N[C@@H](C)C(C)C)ccc1OC. The molecule has 0 fully saturated rings. The van der Waals surface area contributed by atoms with E-state index in [2.05, 4.69) is 4.72 Å². The first kappa shape index (κ1) is 16.0. The normalized spacial score (nSPS) is 13.6. The van der Waals surface area contributed by atoms with Crippen LogP contribution in [-0.4, -0.2) is 21.6 Å². The third-order valence-electron chi connectivity index (χ3n) is 3.28. The average molecular weight is 285 g/mol. The number of ether oxygens (including phenoxy) is 1. The van der Waals surface area contributed by atoms with Crippen molar-refractivity contribution in [1.29, 1.82) is 0 Å². The summed E-state index contributed by atoms with van der Waals surface area (Å²) in [7, 11) is -1.88. The van der Waals surface area contributed by atoms with Crippen LogP contribution in [0.15, 0.2) is 23.1 Å². The Morgan fingerprint density at radius 1 is 1.26 bits per heavy atom. The maximum atomic E-state index is 12.3. The number of nitrogens with one attached hydrogen (secondary N) is 1. The first-order valence-corrected chi connectivity index (χ1v) is 7.99. The summed E-state index contributed by atoms with van der Waals surface area (Å²) >= 11 is 0. The van der Waals surface area contributed by atoms with Gasteiger partial charge in [-0.05, 0) is 43.0 Å². The molecule has 0 saturated carbocycles. The Kier molecular flexibility index (Phi) is 5.38. The van der Waals surface area contributed by atoms with E-state index in [9.17, 15) is 8.42 Å². The van der Waals surface area contributed by atoms with Crippen LogP contribution in [0.5, 0.6) is 5.75 Å². The third kappa shape index (κ3) is 3.94. The number of aryl methyl sites for hydroxylation is 1. The summed E-state index contributed by atoms with van der Waals surface area (Å²) in [6, 6.07) is 4.85. The molecular weight excluding hydrogens is 262 g/mol. The topological polar surface area (TPSA) is 55.4 Å². The highest BCUT2D eigenvalue weighted by Gasteiger charge is 2.20. The van der Waals surface area contributed by atoms with Gasteiger partial charge >= 0.3 is 0 Å². The van der Waals surface area contributed by atoms with E-state index in [1.54, 1.807) is 25.3 Å². The molecule has 0 saturated heterocycles. The Morgan fingerprint density at radius 2 is 1.89 bits per heavy atom. The molecule has 0 heterocycles. The zero-order valence-corrected chi connectivity index (χ0v) is 13.0. The van der Waals surface area contributed by atoms with Crippen molar-refractivity contribution in [3.8, 4) is 5.75 Å². The molecule has 5 heteroatoms. The predicted molar refractivity (Wildman–Crippen MR) is 77.0 cm³/mol. The number of hydrogen-bond donors (Lipinski definition) is 1. The predicted octanol–water partition coefficient (Wildman–Crippen LogP) is 2.58. The van der Waals surface area contributed by atoms with Crippen molar-refractivity contribution in [2.75, 3.05) is 7.11 Å². The number of sulfonamides is 1. The Bertz CT molecular complexity index is 523. The van der Waals surface area contributed by atoms with Gasteiger partial charge in [0.2, 0.25) is 10.0 Å². The van der Waals surface area contributed by atoms with Crippen LogP contribution in [0.4, 0.5) is 0 Å². The summed E-state index contributed by atoms with van der Waals surface area (Å²) in [4.78, 5) is 0.289. The Hall–Kier alpha value is -1.07. The molecule has 19 heavy (non-hydrogen) atoms. The highest BCUT2D eigenvalue weighted by atomic mass is 32.2. The molecule has 0 aliphatic rings. The van der Waals surface area contributed by atoms with Gasteiger partial charge in [0.05, 0.1) is 12.0 Å². The van der Waals surface area contributed by atoms with E-state index < -0.39 is 10.0 Å². The van der Waals surface area contributed by atoms with Gasteiger partial charge in [-0.25, -0.2) is 13.1 Å². The molecule has 1 aromatic rings. The highest BCUT2D eigenvalue weighted by Crippen LogP contribution is 2.23. The van der Waals surface area contributed by atoms with E-state index in [-0.39, 0.29) is 16.9 Å². The molecule has 108 valence electrons. The zero-order chi connectivity index (χ0) is 14.6.